The summed E-state index contributed by atoms with van der Waals surface area (Å²) in [7, 11) is 0. The summed E-state index contributed by atoms with van der Waals surface area (Å²) in [6.45, 7) is 0. The Morgan fingerprint density at radius 1 is 1.10 bits per heavy atom. The van der Waals surface area contributed by atoms with Gasteiger partial charge < -0.3 is 5.32 Å². The number of hydrazine groups is 1. The predicted octanol–water partition coefficient (Wildman–Crippen LogP) is 3.41. The summed E-state index contributed by atoms with van der Waals surface area (Å²) in [6, 6.07) is 7.19. The molecule has 0 radical (unpaired) electrons. The van der Waals surface area contributed by atoms with Gasteiger partial charge in [0.25, 0.3) is 11.8 Å². The molecule has 2 aliphatic carbocycles. The molecular weight excluding hydrogens is 462 g/mol. The van der Waals surface area contributed by atoms with Gasteiger partial charge in [-0.05, 0) is 56.7 Å². The maximum atomic E-state index is 13.2. The zero-order valence-corrected chi connectivity index (χ0v) is 18.7. The van der Waals surface area contributed by atoms with Gasteiger partial charge in [-0.15, -0.1) is 0 Å². The third kappa shape index (κ3) is 3.44. The number of carbonyl (C=O) groups excluding carboxylic acids is 3. The second-order valence-electron chi connectivity index (χ2n) is 8.53. The molecule has 4 amide bonds. The first-order valence-corrected chi connectivity index (χ1v) is 11.6. The number of hydrogen-bond acceptors (Lipinski definition) is 4. The number of nitrogens with one attached hydrogen (secondary N) is 2. The minimum Gasteiger partial charge on any atom is -0.322 e. The highest BCUT2D eigenvalue weighted by Gasteiger charge is 2.52. The standard InChI is InChI=1S/C22H24BrN5O3/c23-14-7-6-8-15(13-14)27-17-10-3-2-9-16(17)18(25-27)19(29)26-28-20(30)22(24-21(28)31)11-4-1-5-12-22/h6-8,13H,1-5,9-12H2,(H,24,31)(H,26,29). The van der Waals surface area contributed by atoms with Crippen LogP contribution in [-0.2, 0) is 17.6 Å². The Morgan fingerprint density at radius 3 is 2.65 bits per heavy atom. The second-order valence-corrected chi connectivity index (χ2v) is 9.44. The highest BCUT2D eigenvalue weighted by atomic mass is 79.9. The first-order valence-electron chi connectivity index (χ1n) is 10.8. The summed E-state index contributed by atoms with van der Waals surface area (Å²) >= 11 is 3.49. The Hall–Kier alpha value is -2.68. The van der Waals surface area contributed by atoms with Crippen molar-refractivity contribution < 1.29 is 14.4 Å². The zero-order chi connectivity index (χ0) is 21.6. The van der Waals surface area contributed by atoms with E-state index in [2.05, 4.69) is 31.8 Å². The molecule has 1 aromatic heterocycles. The van der Waals surface area contributed by atoms with Crippen molar-refractivity contribution in [2.24, 2.45) is 0 Å². The van der Waals surface area contributed by atoms with Crippen LogP contribution >= 0.6 is 15.9 Å². The van der Waals surface area contributed by atoms with Crippen molar-refractivity contribution in [2.75, 3.05) is 0 Å². The number of imide groups is 1. The second kappa shape index (κ2) is 7.78. The summed E-state index contributed by atoms with van der Waals surface area (Å²) in [4.78, 5) is 38.7. The average molecular weight is 486 g/mol. The molecule has 1 saturated heterocycles. The van der Waals surface area contributed by atoms with Gasteiger partial charge in [0.1, 0.15) is 5.54 Å². The number of rotatable bonds is 3. The van der Waals surface area contributed by atoms with Crippen LogP contribution in [0.5, 0.6) is 0 Å². The molecule has 162 valence electrons. The third-order valence-corrected chi connectivity index (χ3v) is 7.02. The molecule has 8 nitrogen and oxygen atoms in total. The smallest absolute Gasteiger partial charge is 0.322 e. The Kier molecular flexibility index (Phi) is 5.08. The fourth-order valence-electron chi connectivity index (χ4n) is 4.97. The van der Waals surface area contributed by atoms with Crippen LogP contribution in [0.15, 0.2) is 28.7 Å². The van der Waals surface area contributed by atoms with Crippen LogP contribution in [-0.4, -0.2) is 38.2 Å². The van der Waals surface area contributed by atoms with Crippen LogP contribution in [0.1, 0.15) is 66.7 Å². The van der Waals surface area contributed by atoms with Gasteiger partial charge in [-0.1, -0.05) is 41.3 Å². The van der Waals surface area contributed by atoms with Crippen LogP contribution in [0.3, 0.4) is 0 Å². The van der Waals surface area contributed by atoms with E-state index < -0.39 is 17.5 Å². The Balaban J connectivity index is 1.45. The number of urea groups is 1. The monoisotopic (exact) mass is 485 g/mol. The van der Waals surface area contributed by atoms with Crippen molar-refractivity contribution in [1.82, 2.24) is 25.5 Å². The molecule has 0 atom stereocenters. The van der Waals surface area contributed by atoms with E-state index in [1.54, 1.807) is 0 Å². The number of halogens is 1. The van der Waals surface area contributed by atoms with Crippen LogP contribution in [0.2, 0.25) is 0 Å². The summed E-state index contributed by atoms with van der Waals surface area (Å²) in [5.74, 6) is -0.894. The molecule has 2 heterocycles. The number of nitrogens with zero attached hydrogens (tertiary/aromatic N) is 3. The first-order chi connectivity index (χ1) is 15.0. The highest BCUT2D eigenvalue weighted by Crippen LogP contribution is 2.33. The van der Waals surface area contributed by atoms with E-state index in [1.165, 1.54) is 0 Å². The van der Waals surface area contributed by atoms with Gasteiger partial charge in [-0.25, -0.2) is 9.48 Å². The lowest BCUT2D eigenvalue weighted by Crippen LogP contribution is -2.51. The molecule has 0 unspecified atom stereocenters. The van der Waals surface area contributed by atoms with Crippen LogP contribution in [0.25, 0.3) is 5.69 Å². The molecule has 2 N–H and O–H groups in total. The Bertz CT molecular complexity index is 1070. The number of hydrogen-bond donors (Lipinski definition) is 2. The highest BCUT2D eigenvalue weighted by molar-refractivity contribution is 9.10. The van der Waals surface area contributed by atoms with Crippen LogP contribution < -0.4 is 10.7 Å². The quantitative estimate of drug-likeness (QED) is 0.650. The Labute approximate surface area is 188 Å². The van der Waals surface area contributed by atoms with E-state index in [-0.39, 0.29) is 11.6 Å². The van der Waals surface area contributed by atoms with Crippen molar-refractivity contribution in [3.63, 3.8) is 0 Å². The van der Waals surface area contributed by atoms with Gasteiger partial charge in [0.15, 0.2) is 5.69 Å². The van der Waals surface area contributed by atoms with Gasteiger partial charge in [-0.3, -0.25) is 15.0 Å². The maximum Gasteiger partial charge on any atom is 0.344 e. The van der Waals surface area contributed by atoms with Gasteiger partial charge in [0, 0.05) is 15.7 Å². The number of amides is 4. The number of benzene rings is 1. The van der Waals surface area contributed by atoms with Gasteiger partial charge in [0.2, 0.25) is 0 Å². The third-order valence-electron chi connectivity index (χ3n) is 6.53. The molecule has 5 rings (SSSR count). The van der Waals surface area contributed by atoms with E-state index in [9.17, 15) is 14.4 Å². The topological polar surface area (TPSA) is 96.3 Å². The minimum absolute atomic E-state index is 0.278. The molecule has 1 aromatic carbocycles. The molecule has 9 heteroatoms. The van der Waals surface area contributed by atoms with Crippen molar-refractivity contribution in [2.45, 2.75) is 63.3 Å². The average Bonchev–Trinajstić information content (AvgIpc) is 3.26. The number of fused-ring (bicyclic) bond motifs is 1. The number of aromatic nitrogens is 2. The lowest BCUT2D eigenvalue weighted by Gasteiger charge is -2.30. The molecule has 0 bridgehead atoms. The molecule has 2 aromatic rings. The molecule has 2 fully saturated rings. The number of carbonyl (C=O) groups is 3. The van der Waals surface area contributed by atoms with E-state index in [0.29, 0.717) is 12.8 Å². The van der Waals surface area contributed by atoms with Gasteiger partial charge in [0.05, 0.1) is 5.69 Å². The summed E-state index contributed by atoms with van der Waals surface area (Å²) in [5.41, 5.74) is 4.71. The normalized spacial score (nSPS) is 20.0. The van der Waals surface area contributed by atoms with Gasteiger partial charge in [-0.2, -0.15) is 10.1 Å². The predicted molar refractivity (Wildman–Crippen MR) is 117 cm³/mol. The summed E-state index contributed by atoms with van der Waals surface area (Å²) < 4.78 is 2.73. The van der Waals surface area contributed by atoms with Crippen molar-refractivity contribution in [3.05, 3.63) is 45.7 Å². The summed E-state index contributed by atoms with van der Waals surface area (Å²) in [6.07, 6.45) is 7.62. The van der Waals surface area contributed by atoms with Crippen LogP contribution in [0, 0.1) is 0 Å². The van der Waals surface area contributed by atoms with Crippen molar-refractivity contribution in [1.29, 1.82) is 0 Å². The lowest BCUT2D eigenvalue weighted by molar-refractivity contribution is -0.134. The van der Waals surface area contributed by atoms with E-state index in [1.807, 2.05) is 28.9 Å². The molecule has 3 aliphatic rings. The molecule has 1 saturated carbocycles. The van der Waals surface area contributed by atoms with E-state index >= 15 is 0 Å². The van der Waals surface area contributed by atoms with Crippen LogP contribution in [0.4, 0.5) is 4.79 Å². The van der Waals surface area contributed by atoms with Gasteiger partial charge >= 0.3 is 6.03 Å². The largest absolute Gasteiger partial charge is 0.344 e. The van der Waals surface area contributed by atoms with Crippen molar-refractivity contribution in [3.8, 4) is 5.69 Å². The molecular formula is C22H24BrN5O3. The fraction of sp³-hybridized carbons (Fsp3) is 0.455. The molecule has 1 aliphatic heterocycles. The first kappa shape index (κ1) is 20.2. The maximum absolute atomic E-state index is 13.2. The van der Waals surface area contributed by atoms with E-state index in [0.717, 1.165) is 71.4 Å². The summed E-state index contributed by atoms with van der Waals surface area (Å²) in [5, 5.41) is 8.28. The lowest BCUT2D eigenvalue weighted by atomic mass is 9.82. The fourth-order valence-corrected chi connectivity index (χ4v) is 5.36. The molecule has 31 heavy (non-hydrogen) atoms. The molecule has 1 spiro atoms. The SMILES string of the molecule is O=C(NN1C(=O)NC2(CCCCC2)C1=O)c1nn(-c2cccc(Br)c2)c2c1CCCC2. The Morgan fingerprint density at radius 2 is 1.87 bits per heavy atom. The zero-order valence-electron chi connectivity index (χ0n) is 17.1. The van der Waals surface area contributed by atoms with E-state index in [4.69, 9.17) is 0 Å². The van der Waals surface area contributed by atoms with Crippen molar-refractivity contribution >= 4 is 33.8 Å². The minimum atomic E-state index is -0.877.